The van der Waals surface area contributed by atoms with E-state index in [9.17, 15) is 22.8 Å². The molecule has 2 aromatic rings. The summed E-state index contributed by atoms with van der Waals surface area (Å²) >= 11 is 0. The Labute approximate surface area is 118 Å². The lowest BCUT2D eigenvalue weighted by atomic mass is 10.0. The van der Waals surface area contributed by atoms with E-state index in [-0.39, 0.29) is 11.1 Å². The minimum atomic E-state index is -4.45. The van der Waals surface area contributed by atoms with Crippen molar-refractivity contribution in [2.75, 3.05) is 0 Å². The van der Waals surface area contributed by atoms with Crippen molar-refractivity contribution >= 4 is 11.6 Å². The zero-order chi connectivity index (χ0) is 15.6. The van der Waals surface area contributed by atoms with Gasteiger partial charge in [-0.2, -0.15) is 18.3 Å². The average Bonchev–Trinajstić information content (AvgIpc) is 2.84. The van der Waals surface area contributed by atoms with Gasteiger partial charge in [0.25, 0.3) is 0 Å². The maximum Gasteiger partial charge on any atom is 0.416 e. The van der Waals surface area contributed by atoms with Gasteiger partial charge in [0.2, 0.25) is 0 Å². The number of benzene rings is 1. The quantitative estimate of drug-likeness (QED) is 0.644. The maximum absolute atomic E-state index is 12.4. The number of Topliss-reactive ketones (excluding diaryl/α,β-unsaturated/α-hetero) is 2. The molecule has 0 N–H and O–H groups in total. The standard InChI is InChI=1S/C14H11F3N2O2/c1-19-8-10(7-18-19)13(21)6-12(20)9-2-4-11(5-3-9)14(15,16)17/h2-5,7-8H,6H2,1H3. The second-order valence-electron chi connectivity index (χ2n) is 4.50. The number of carbonyl (C=O) groups excluding carboxylic acids is 2. The van der Waals surface area contributed by atoms with Crippen molar-refractivity contribution in [2.24, 2.45) is 7.05 Å². The third kappa shape index (κ3) is 3.56. The molecule has 0 atom stereocenters. The van der Waals surface area contributed by atoms with Crippen LogP contribution in [0, 0.1) is 0 Å². The number of ketones is 2. The first-order valence-corrected chi connectivity index (χ1v) is 5.99. The zero-order valence-electron chi connectivity index (χ0n) is 11.0. The van der Waals surface area contributed by atoms with Crippen LogP contribution in [-0.4, -0.2) is 21.3 Å². The van der Waals surface area contributed by atoms with Crippen LogP contribution in [0.25, 0.3) is 0 Å². The molecule has 110 valence electrons. The highest BCUT2D eigenvalue weighted by Gasteiger charge is 2.30. The molecule has 0 aliphatic heterocycles. The van der Waals surface area contributed by atoms with Crippen LogP contribution in [0.3, 0.4) is 0 Å². The van der Waals surface area contributed by atoms with Crippen LogP contribution in [0.1, 0.15) is 32.7 Å². The monoisotopic (exact) mass is 296 g/mol. The number of carbonyl (C=O) groups is 2. The van der Waals surface area contributed by atoms with E-state index < -0.39 is 29.7 Å². The van der Waals surface area contributed by atoms with E-state index in [2.05, 4.69) is 5.10 Å². The number of alkyl halides is 3. The van der Waals surface area contributed by atoms with Gasteiger partial charge in [-0.15, -0.1) is 0 Å². The Kier molecular flexibility index (Phi) is 3.93. The molecule has 0 aliphatic carbocycles. The molecule has 0 unspecified atom stereocenters. The lowest BCUT2D eigenvalue weighted by Gasteiger charge is -2.06. The van der Waals surface area contributed by atoms with E-state index >= 15 is 0 Å². The second-order valence-corrected chi connectivity index (χ2v) is 4.50. The number of rotatable bonds is 4. The van der Waals surface area contributed by atoms with Gasteiger partial charge in [0.05, 0.1) is 23.7 Å². The Bertz CT molecular complexity index is 672. The number of nitrogens with zero attached hydrogens (tertiary/aromatic N) is 2. The highest BCUT2D eigenvalue weighted by molar-refractivity contribution is 6.13. The van der Waals surface area contributed by atoms with Crippen molar-refractivity contribution in [1.29, 1.82) is 0 Å². The van der Waals surface area contributed by atoms with Gasteiger partial charge in [0.1, 0.15) is 0 Å². The molecule has 1 heterocycles. The predicted molar refractivity (Wildman–Crippen MR) is 67.9 cm³/mol. The summed E-state index contributed by atoms with van der Waals surface area (Å²) in [6.45, 7) is 0. The first-order valence-electron chi connectivity index (χ1n) is 5.99. The predicted octanol–water partition coefficient (Wildman–Crippen LogP) is 2.89. The maximum atomic E-state index is 12.4. The molecule has 0 bridgehead atoms. The van der Waals surface area contributed by atoms with Crippen LogP contribution in [0.5, 0.6) is 0 Å². The molecule has 1 aromatic carbocycles. The molecule has 0 aliphatic rings. The van der Waals surface area contributed by atoms with Crippen LogP contribution in [0.15, 0.2) is 36.7 Å². The van der Waals surface area contributed by atoms with Crippen molar-refractivity contribution in [2.45, 2.75) is 12.6 Å². The second kappa shape index (κ2) is 5.51. The molecule has 0 amide bonds. The molecule has 4 nitrogen and oxygen atoms in total. The van der Waals surface area contributed by atoms with Gasteiger partial charge in [-0.3, -0.25) is 14.3 Å². The van der Waals surface area contributed by atoms with Crippen LogP contribution >= 0.6 is 0 Å². The van der Waals surface area contributed by atoms with Gasteiger partial charge in [0, 0.05) is 18.8 Å². The molecule has 0 saturated heterocycles. The third-order valence-corrected chi connectivity index (χ3v) is 2.88. The number of hydrogen-bond donors (Lipinski definition) is 0. The number of aryl methyl sites for hydroxylation is 1. The largest absolute Gasteiger partial charge is 0.416 e. The molecule has 21 heavy (non-hydrogen) atoms. The fraction of sp³-hybridized carbons (Fsp3) is 0.214. The van der Waals surface area contributed by atoms with Crippen LogP contribution in [0.2, 0.25) is 0 Å². The first-order chi connectivity index (χ1) is 9.77. The third-order valence-electron chi connectivity index (χ3n) is 2.88. The summed E-state index contributed by atoms with van der Waals surface area (Å²) in [6.07, 6.45) is -2.05. The molecule has 0 spiro atoms. The van der Waals surface area contributed by atoms with Crippen LogP contribution in [-0.2, 0) is 13.2 Å². The van der Waals surface area contributed by atoms with Gasteiger partial charge in [-0.1, -0.05) is 12.1 Å². The van der Waals surface area contributed by atoms with E-state index in [1.165, 1.54) is 17.1 Å². The smallest absolute Gasteiger partial charge is 0.294 e. The summed E-state index contributed by atoms with van der Waals surface area (Å²) in [7, 11) is 1.63. The van der Waals surface area contributed by atoms with E-state index in [4.69, 9.17) is 0 Å². The Morgan fingerprint density at radius 3 is 2.14 bits per heavy atom. The van der Waals surface area contributed by atoms with Gasteiger partial charge >= 0.3 is 6.18 Å². The lowest BCUT2D eigenvalue weighted by molar-refractivity contribution is -0.137. The minimum absolute atomic E-state index is 0.0697. The van der Waals surface area contributed by atoms with E-state index in [0.29, 0.717) is 0 Å². The van der Waals surface area contributed by atoms with E-state index in [1.54, 1.807) is 7.05 Å². The van der Waals surface area contributed by atoms with Gasteiger partial charge in [-0.25, -0.2) is 0 Å². The minimum Gasteiger partial charge on any atom is -0.294 e. The summed E-state index contributed by atoms with van der Waals surface area (Å²) in [6, 6.07) is 3.78. The molecule has 0 radical (unpaired) electrons. The van der Waals surface area contributed by atoms with Gasteiger partial charge < -0.3 is 0 Å². The van der Waals surface area contributed by atoms with Crippen LogP contribution < -0.4 is 0 Å². The Hall–Kier alpha value is -2.44. The number of hydrogen-bond acceptors (Lipinski definition) is 3. The SMILES string of the molecule is Cn1cc(C(=O)CC(=O)c2ccc(C(F)(F)F)cc2)cn1. The van der Waals surface area contributed by atoms with Gasteiger partial charge in [0.15, 0.2) is 11.6 Å². The van der Waals surface area contributed by atoms with E-state index in [1.807, 2.05) is 0 Å². The Morgan fingerprint density at radius 1 is 1.10 bits per heavy atom. The summed E-state index contributed by atoms with van der Waals surface area (Å²) in [5, 5.41) is 3.82. The summed E-state index contributed by atoms with van der Waals surface area (Å²) in [5.41, 5.74) is -0.476. The summed E-state index contributed by atoms with van der Waals surface area (Å²) < 4.78 is 38.6. The van der Waals surface area contributed by atoms with Gasteiger partial charge in [-0.05, 0) is 12.1 Å². The highest BCUT2D eigenvalue weighted by Crippen LogP contribution is 2.29. The topological polar surface area (TPSA) is 52.0 Å². The highest BCUT2D eigenvalue weighted by atomic mass is 19.4. The molecule has 0 saturated carbocycles. The average molecular weight is 296 g/mol. The molecule has 2 rings (SSSR count). The Morgan fingerprint density at radius 2 is 1.67 bits per heavy atom. The molecular formula is C14H11F3N2O2. The summed E-state index contributed by atoms with van der Waals surface area (Å²) in [4.78, 5) is 23.7. The molecule has 0 fully saturated rings. The van der Waals surface area contributed by atoms with Crippen molar-refractivity contribution in [3.8, 4) is 0 Å². The number of aromatic nitrogens is 2. The Balaban J connectivity index is 2.08. The molecule has 7 heteroatoms. The molecule has 1 aromatic heterocycles. The first kappa shape index (κ1) is 15.0. The molecular weight excluding hydrogens is 285 g/mol. The fourth-order valence-electron chi connectivity index (χ4n) is 1.76. The van der Waals surface area contributed by atoms with Crippen molar-refractivity contribution in [3.05, 3.63) is 53.3 Å². The van der Waals surface area contributed by atoms with Crippen molar-refractivity contribution < 1.29 is 22.8 Å². The number of halogens is 3. The van der Waals surface area contributed by atoms with Crippen molar-refractivity contribution in [1.82, 2.24) is 9.78 Å². The fourth-order valence-corrected chi connectivity index (χ4v) is 1.76. The van der Waals surface area contributed by atoms with E-state index in [0.717, 1.165) is 24.3 Å². The summed E-state index contributed by atoms with van der Waals surface area (Å²) in [5.74, 6) is -0.953. The van der Waals surface area contributed by atoms with Crippen LogP contribution in [0.4, 0.5) is 13.2 Å². The van der Waals surface area contributed by atoms with Crippen molar-refractivity contribution in [3.63, 3.8) is 0 Å². The normalized spacial score (nSPS) is 11.4. The lowest BCUT2D eigenvalue weighted by Crippen LogP contribution is -2.09. The zero-order valence-corrected chi connectivity index (χ0v) is 11.0.